The first-order valence-corrected chi connectivity index (χ1v) is 15.4. The average molecular weight is 659 g/mol. The number of carbonyl (C=O) groups is 1. The Balaban J connectivity index is 1.27. The standard InChI is InChI=1S/C29H26ClF3N8O3S/c1-2-20-24(39-7-5-38(6-8-39)23-19(30)10-18(29(31,32)33)25-22(23)35-14-45-25)27(43)41-28(40(20)11-21(34)42)36-26(37-41)15-3-4-16-12-44-13-17(16)9-15/h3-4,9-10,14H,2,5-8,11-13H2,1H3,(H2,34,42). The number of nitrogens with zero attached hydrogens (tertiary/aromatic N) is 7. The van der Waals surface area contributed by atoms with Gasteiger partial charge < -0.3 is 24.8 Å². The number of fused-ring (bicyclic) bond motifs is 3. The van der Waals surface area contributed by atoms with Gasteiger partial charge in [0.25, 0.3) is 5.56 Å². The van der Waals surface area contributed by atoms with Gasteiger partial charge in [0.2, 0.25) is 11.7 Å². The van der Waals surface area contributed by atoms with Crippen LogP contribution in [0.15, 0.2) is 34.6 Å². The van der Waals surface area contributed by atoms with E-state index in [1.54, 1.807) is 4.57 Å². The summed E-state index contributed by atoms with van der Waals surface area (Å²) in [7, 11) is 0. The molecule has 1 amide bonds. The molecule has 2 aliphatic rings. The summed E-state index contributed by atoms with van der Waals surface area (Å²) < 4.78 is 49.5. The van der Waals surface area contributed by atoms with E-state index < -0.39 is 23.2 Å². The van der Waals surface area contributed by atoms with Crippen LogP contribution in [0.1, 0.15) is 29.3 Å². The van der Waals surface area contributed by atoms with Crippen molar-refractivity contribution in [3.63, 3.8) is 0 Å². The summed E-state index contributed by atoms with van der Waals surface area (Å²) >= 11 is 7.35. The quantitative estimate of drug-likeness (QED) is 0.287. The Morgan fingerprint density at radius 3 is 2.49 bits per heavy atom. The van der Waals surface area contributed by atoms with Crippen molar-refractivity contribution in [3.8, 4) is 11.4 Å². The number of alkyl halides is 3. The average Bonchev–Trinajstić information content (AvgIpc) is 3.77. The van der Waals surface area contributed by atoms with E-state index in [9.17, 15) is 22.8 Å². The number of piperazine rings is 1. The number of halogens is 4. The van der Waals surface area contributed by atoms with Crippen molar-refractivity contribution >= 4 is 56.2 Å². The first-order valence-electron chi connectivity index (χ1n) is 14.2. The number of aromatic nitrogens is 5. The van der Waals surface area contributed by atoms with Crippen molar-refractivity contribution < 1.29 is 22.7 Å². The maximum Gasteiger partial charge on any atom is 0.417 e. The van der Waals surface area contributed by atoms with Gasteiger partial charge in [-0.25, -0.2) is 4.98 Å². The minimum Gasteiger partial charge on any atom is -0.372 e. The van der Waals surface area contributed by atoms with Gasteiger partial charge in [0.05, 0.1) is 45.4 Å². The normalized spacial score (nSPS) is 15.4. The van der Waals surface area contributed by atoms with Crippen LogP contribution in [0.25, 0.3) is 27.4 Å². The van der Waals surface area contributed by atoms with Crippen LogP contribution in [-0.4, -0.2) is 56.2 Å². The number of primary amides is 1. The molecule has 3 aromatic heterocycles. The number of carbonyl (C=O) groups excluding carboxylic acids is 1. The molecule has 5 aromatic rings. The van der Waals surface area contributed by atoms with Crippen molar-refractivity contribution in [2.24, 2.45) is 5.73 Å². The summed E-state index contributed by atoms with van der Waals surface area (Å²) in [5.41, 5.74) is 10.2. The molecule has 0 unspecified atom stereocenters. The van der Waals surface area contributed by atoms with Crippen LogP contribution in [0.5, 0.6) is 0 Å². The Kier molecular flexibility index (Phi) is 7.21. The van der Waals surface area contributed by atoms with E-state index in [0.717, 1.165) is 28.5 Å². The molecule has 0 aliphatic carbocycles. The highest BCUT2D eigenvalue weighted by atomic mass is 35.5. The molecular formula is C29H26ClF3N8O3S. The predicted octanol–water partition coefficient (Wildman–Crippen LogP) is 4.24. The van der Waals surface area contributed by atoms with Gasteiger partial charge in [-0.1, -0.05) is 30.7 Å². The highest BCUT2D eigenvalue weighted by molar-refractivity contribution is 7.17. The van der Waals surface area contributed by atoms with Crippen LogP contribution in [0.4, 0.5) is 24.5 Å². The molecule has 16 heteroatoms. The van der Waals surface area contributed by atoms with Gasteiger partial charge in [0.15, 0.2) is 5.82 Å². The Morgan fingerprint density at radius 2 is 1.80 bits per heavy atom. The second kappa shape index (κ2) is 11.0. The molecule has 0 saturated carbocycles. The van der Waals surface area contributed by atoms with Crippen LogP contribution >= 0.6 is 22.9 Å². The zero-order chi connectivity index (χ0) is 31.6. The zero-order valence-electron chi connectivity index (χ0n) is 23.9. The van der Waals surface area contributed by atoms with E-state index in [2.05, 4.69) is 15.1 Å². The number of hydrogen-bond donors (Lipinski definition) is 1. The van der Waals surface area contributed by atoms with Crippen LogP contribution in [-0.2, 0) is 41.9 Å². The smallest absolute Gasteiger partial charge is 0.372 e. The second-order valence-electron chi connectivity index (χ2n) is 10.9. The molecule has 2 aromatic carbocycles. The van der Waals surface area contributed by atoms with Crippen molar-refractivity contribution in [2.75, 3.05) is 36.0 Å². The third kappa shape index (κ3) is 4.98. The van der Waals surface area contributed by atoms with Gasteiger partial charge in [-0.15, -0.1) is 16.4 Å². The molecule has 234 valence electrons. The highest BCUT2D eigenvalue weighted by Crippen LogP contribution is 2.44. The molecule has 45 heavy (non-hydrogen) atoms. The van der Waals surface area contributed by atoms with Crippen molar-refractivity contribution in [2.45, 2.75) is 39.3 Å². The summed E-state index contributed by atoms with van der Waals surface area (Å²) in [6.07, 6.45) is -4.17. The van der Waals surface area contributed by atoms with Crippen LogP contribution < -0.4 is 21.1 Å². The largest absolute Gasteiger partial charge is 0.417 e. The number of thiazole rings is 1. The van der Waals surface area contributed by atoms with Gasteiger partial charge in [-0.2, -0.15) is 22.7 Å². The Morgan fingerprint density at radius 1 is 1.09 bits per heavy atom. The fourth-order valence-corrected chi connectivity index (χ4v) is 7.31. The fraction of sp³-hybridized carbons (Fsp3) is 0.345. The van der Waals surface area contributed by atoms with E-state index in [1.165, 1.54) is 10.0 Å². The van der Waals surface area contributed by atoms with Crippen LogP contribution in [0, 0.1) is 0 Å². The zero-order valence-corrected chi connectivity index (χ0v) is 25.5. The Labute approximate surface area is 262 Å². The maximum atomic E-state index is 14.1. The van der Waals surface area contributed by atoms with E-state index in [1.807, 2.05) is 34.9 Å². The molecule has 0 bridgehead atoms. The number of benzene rings is 2. The number of ether oxygens (including phenoxy) is 1. The SMILES string of the molecule is CCc1c(N2CCN(c3c(Cl)cc(C(F)(F)F)c4scnc34)CC2)c(=O)n2nc(-c3ccc4c(c3)COC4)nc2n1CC(N)=O. The van der Waals surface area contributed by atoms with Gasteiger partial charge in [-0.05, 0) is 29.7 Å². The molecule has 2 N–H and O–H groups in total. The molecule has 11 nitrogen and oxygen atoms in total. The van der Waals surface area contributed by atoms with Crippen molar-refractivity contribution in [1.82, 2.24) is 24.1 Å². The first kappa shape index (κ1) is 29.5. The van der Waals surface area contributed by atoms with E-state index >= 15 is 0 Å². The Bertz CT molecular complexity index is 2050. The minimum atomic E-state index is -4.57. The van der Waals surface area contributed by atoms with Crippen molar-refractivity contribution in [3.05, 3.63) is 67.5 Å². The lowest BCUT2D eigenvalue weighted by Gasteiger charge is -2.38. The number of nitrogens with two attached hydrogens (primary N) is 1. The van der Waals surface area contributed by atoms with Gasteiger partial charge in [0.1, 0.15) is 17.7 Å². The summed E-state index contributed by atoms with van der Waals surface area (Å²) in [5.74, 6) is -0.0741. The predicted molar refractivity (Wildman–Crippen MR) is 164 cm³/mol. The highest BCUT2D eigenvalue weighted by Gasteiger charge is 2.36. The second-order valence-corrected chi connectivity index (χ2v) is 12.1. The monoisotopic (exact) mass is 658 g/mol. The lowest BCUT2D eigenvalue weighted by Crippen LogP contribution is -2.49. The first-order chi connectivity index (χ1) is 21.5. The molecule has 0 spiro atoms. The van der Waals surface area contributed by atoms with Gasteiger partial charge in [-0.3, -0.25) is 9.59 Å². The summed E-state index contributed by atoms with van der Waals surface area (Å²) in [5, 5.41) is 4.52. The number of hydrogen-bond acceptors (Lipinski definition) is 9. The topological polar surface area (TPSA) is 124 Å². The molecule has 7 rings (SSSR count). The van der Waals surface area contributed by atoms with E-state index in [-0.39, 0.29) is 27.6 Å². The van der Waals surface area contributed by atoms with Crippen LogP contribution in [0.2, 0.25) is 5.02 Å². The molecule has 5 heterocycles. The maximum absolute atomic E-state index is 14.1. The number of rotatable bonds is 6. The van der Waals surface area contributed by atoms with Gasteiger partial charge >= 0.3 is 6.18 Å². The summed E-state index contributed by atoms with van der Waals surface area (Å²) in [6, 6.07) is 6.71. The minimum absolute atomic E-state index is 0.0234. The van der Waals surface area contributed by atoms with Crippen molar-refractivity contribution in [1.29, 1.82) is 0 Å². The lowest BCUT2D eigenvalue weighted by molar-refractivity contribution is -0.136. The molecule has 0 atom stereocenters. The molecule has 1 saturated heterocycles. The molecule has 0 radical (unpaired) electrons. The third-order valence-corrected chi connectivity index (χ3v) is 9.35. The van der Waals surface area contributed by atoms with Gasteiger partial charge in [0, 0.05) is 31.7 Å². The fourth-order valence-electron chi connectivity index (χ4n) is 6.16. The van der Waals surface area contributed by atoms with E-state index in [0.29, 0.717) is 74.3 Å². The lowest BCUT2D eigenvalue weighted by atomic mass is 10.1. The molecule has 1 fully saturated rings. The number of anilines is 2. The summed E-state index contributed by atoms with van der Waals surface area (Å²) in [6.45, 7) is 4.09. The number of amides is 1. The van der Waals surface area contributed by atoms with Crippen LogP contribution in [0.3, 0.4) is 0 Å². The Hall–Kier alpha value is -4.21. The molecular weight excluding hydrogens is 633 g/mol. The van der Waals surface area contributed by atoms with E-state index in [4.69, 9.17) is 22.1 Å². The third-order valence-electron chi connectivity index (χ3n) is 8.21. The molecule has 2 aliphatic heterocycles. The summed E-state index contributed by atoms with van der Waals surface area (Å²) in [4.78, 5) is 39.0.